The molecular weight excluding hydrogens is 282 g/mol. The summed E-state index contributed by atoms with van der Waals surface area (Å²) in [6, 6.07) is 17.5. The van der Waals surface area contributed by atoms with Crippen molar-refractivity contribution in [3.8, 4) is 0 Å². The first kappa shape index (κ1) is 17.7. The second-order valence-corrected chi connectivity index (χ2v) is 6.15. The van der Waals surface area contributed by atoms with E-state index in [0.29, 0.717) is 6.04 Å². The molecule has 124 valence electrons. The third-order valence-corrected chi connectivity index (χ3v) is 4.43. The SMILES string of the molecule is CCC(C)N(NCc1ccccc1C)NCc1ccccc1C. The van der Waals surface area contributed by atoms with Crippen LogP contribution < -0.4 is 10.9 Å². The molecule has 0 saturated carbocycles. The lowest BCUT2D eigenvalue weighted by Gasteiger charge is -2.30. The smallest absolute Gasteiger partial charge is 0.0369 e. The lowest BCUT2D eigenvalue weighted by molar-refractivity contribution is 0.0574. The van der Waals surface area contributed by atoms with E-state index in [0.717, 1.165) is 19.5 Å². The molecule has 0 fully saturated rings. The van der Waals surface area contributed by atoms with Gasteiger partial charge in [-0.1, -0.05) is 55.5 Å². The minimum atomic E-state index is 0.419. The summed E-state index contributed by atoms with van der Waals surface area (Å²) >= 11 is 0. The van der Waals surface area contributed by atoms with Crippen molar-refractivity contribution in [2.24, 2.45) is 0 Å². The van der Waals surface area contributed by atoms with E-state index >= 15 is 0 Å². The zero-order chi connectivity index (χ0) is 16.7. The molecule has 2 N–H and O–H groups in total. The average Bonchev–Trinajstić information content (AvgIpc) is 2.57. The fraction of sp³-hybridized carbons (Fsp3) is 0.400. The minimum absolute atomic E-state index is 0.419. The van der Waals surface area contributed by atoms with Crippen LogP contribution in [0.4, 0.5) is 0 Å². The van der Waals surface area contributed by atoms with Crippen molar-refractivity contribution in [2.45, 2.75) is 53.2 Å². The van der Waals surface area contributed by atoms with E-state index < -0.39 is 0 Å². The molecule has 1 unspecified atom stereocenters. The van der Waals surface area contributed by atoms with Crippen molar-refractivity contribution >= 4 is 0 Å². The van der Waals surface area contributed by atoms with Crippen molar-refractivity contribution in [3.63, 3.8) is 0 Å². The molecule has 0 saturated heterocycles. The van der Waals surface area contributed by atoms with Gasteiger partial charge in [0.05, 0.1) is 0 Å². The molecule has 0 radical (unpaired) electrons. The van der Waals surface area contributed by atoms with Crippen molar-refractivity contribution in [2.75, 3.05) is 0 Å². The summed E-state index contributed by atoms with van der Waals surface area (Å²) in [5.74, 6) is 0. The van der Waals surface area contributed by atoms with Gasteiger partial charge in [-0.3, -0.25) is 0 Å². The first-order chi connectivity index (χ1) is 11.1. The van der Waals surface area contributed by atoms with Crippen LogP contribution in [-0.4, -0.2) is 11.2 Å². The summed E-state index contributed by atoms with van der Waals surface area (Å²) in [7, 11) is 0. The van der Waals surface area contributed by atoms with Gasteiger partial charge < -0.3 is 0 Å². The van der Waals surface area contributed by atoms with Gasteiger partial charge in [-0.25, -0.2) is 10.9 Å². The predicted octanol–water partition coefficient (Wildman–Crippen LogP) is 4.11. The topological polar surface area (TPSA) is 27.3 Å². The third kappa shape index (κ3) is 5.17. The summed E-state index contributed by atoms with van der Waals surface area (Å²) < 4.78 is 0. The van der Waals surface area contributed by atoms with Crippen LogP contribution in [0.25, 0.3) is 0 Å². The largest absolute Gasteiger partial charge is 0.237 e. The van der Waals surface area contributed by atoms with Crippen LogP contribution in [0.2, 0.25) is 0 Å². The highest BCUT2D eigenvalue weighted by Gasteiger charge is 2.12. The second-order valence-electron chi connectivity index (χ2n) is 6.15. The zero-order valence-electron chi connectivity index (χ0n) is 14.8. The Bertz CT molecular complexity index is 560. The number of rotatable bonds is 8. The molecule has 0 aromatic heterocycles. The van der Waals surface area contributed by atoms with Crippen LogP contribution >= 0.6 is 0 Å². The standard InChI is InChI=1S/C20H29N3/c1-5-18(4)23(21-14-19-12-8-6-10-16(19)2)22-15-20-13-9-7-11-17(20)3/h6-13,18,21-22H,5,14-15H2,1-4H3. The molecule has 2 rings (SSSR count). The number of hydrazine groups is 2. The molecule has 23 heavy (non-hydrogen) atoms. The molecule has 1 atom stereocenters. The first-order valence-electron chi connectivity index (χ1n) is 8.47. The summed E-state index contributed by atoms with van der Waals surface area (Å²) in [4.78, 5) is 0. The number of hydrogen-bond donors (Lipinski definition) is 2. The highest BCUT2D eigenvalue weighted by atomic mass is 15.7. The van der Waals surface area contributed by atoms with Crippen molar-refractivity contribution < 1.29 is 0 Å². The Morgan fingerprint density at radius 3 is 1.65 bits per heavy atom. The maximum atomic E-state index is 3.54. The zero-order valence-corrected chi connectivity index (χ0v) is 14.8. The quantitative estimate of drug-likeness (QED) is 0.718. The number of benzene rings is 2. The Hall–Kier alpha value is -1.68. The Morgan fingerprint density at radius 2 is 1.26 bits per heavy atom. The number of nitrogens with zero attached hydrogens (tertiary/aromatic N) is 1. The van der Waals surface area contributed by atoms with E-state index in [-0.39, 0.29) is 0 Å². The normalized spacial score (nSPS) is 12.6. The lowest BCUT2D eigenvalue weighted by atomic mass is 10.1. The Kier molecular flexibility index (Phi) is 6.78. The molecule has 3 nitrogen and oxygen atoms in total. The van der Waals surface area contributed by atoms with Gasteiger partial charge in [0, 0.05) is 19.1 Å². The van der Waals surface area contributed by atoms with Gasteiger partial charge in [-0.15, -0.1) is 0 Å². The Balaban J connectivity index is 1.97. The molecule has 0 heterocycles. The highest BCUT2D eigenvalue weighted by Crippen LogP contribution is 2.09. The maximum absolute atomic E-state index is 3.54. The fourth-order valence-corrected chi connectivity index (χ4v) is 2.51. The predicted molar refractivity (Wildman–Crippen MR) is 97.6 cm³/mol. The molecule has 2 aromatic rings. The van der Waals surface area contributed by atoms with Gasteiger partial charge in [0.2, 0.25) is 0 Å². The molecular formula is C20H29N3. The summed E-state index contributed by atoms with van der Waals surface area (Å²) in [6.07, 6.45) is 1.08. The molecule has 3 heteroatoms. The minimum Gasteiger partial charge on any atom is -0.237 e. The van der Waals surface area contributed by atoms with Crippen molar-refractivity contribution in [1.29, 1.82) is 0 Å². The van der Waals surface area contributed by atoms with Crippen LogP contribution in [0, 0.1) is 13.8 Å². The van der Waals surface area contributed by atoms with Crippen molar-refractivity contribution in [3.05, 3.63) is 70.8 Å². The fourth-order valence-electron chi connectivity index (χ4n) is 2.51. The molecule has 0 spiro atoms. The average molecular weight is 311 g/mol. The number of hydrogen-bond acceptors (Lipinski definition) is 3. The maximum Gasteiger partial charge on any atom is 0.0369 e. The molecule has 0 aliphatic rings. The van der Waals surface area contributed by atoms with E-state index in [1.54, 1.807) is 0 Å². The monoisotopic (exact) mass is 311 g/mol. The number of nitrogens with one attached hydrogen (secondary N) is 2. The van der Waals surface area contributed by atoms with Gasteiger partial charge >= 0.3 is 0 Å². The van der Waals surface area contributed by atoms with Crippen LogP contribution in [0.15, 0.2) is 48.5 Å². The van der Waals surface area contributed by atoms with E-state index in [4.69, 9.17) is 0 Å². The Morgan fingerprint density at radius 1 is 0.826 bits per heavy atom. The van der Waals surface area contributed by atoms with Crippen LogP contribution in [0.3, 0.4) is 0 Å². The van der Waals surface area contributed by atoms with Gasteiger partial charge in [0.25, 0.3) is 0 Å². The summed E-state index contributed by atoms with van der Waals surface area (Å²) in [6.45, 7) is 10.4. The molecule has 2 aromatic carbocycles. The van der Waals surface area contributed by atoms with Crippen LogP contribution in [0.1, 0.15) is 42.5 Å². The van der Waals surface area contributed by atoms with Gasteiger partial charge in [0.1, 0.15) is 0 Å². The van der Waals surface area contributed by atoms with E-state index in [1.165, 1.54) is 22.3 Å². The molecule has 0 amide bonds. The summed E-state index contributed by atoms with van der Waals surface area (Å²) in [5, 5.41) is 2.15. The first-order valence-corrected chi connectivity index (χ1v) is 8.47. The highest BCUT2D eigenvalue weighted by molar-refractivity contribution is 5.26. The van der Waals surface area contributed by atoms with Crippen LogP contribution in [-0.2, 0) is 13.1 Å². The van der Waals surface area contributed by atoms with Crippen molar-refractivity contribution in [1.82, 2.24) is 16.0 Å². The van der Waals surface area contributed by atoms with E-state index in [2.05, 4.69) is 92.2 Å². The number of aryl methyl sites for hydroxylation is 2. The molecule has 0 aliphatic carbocycles. The molecule has 0 aliphatic heterocycles. The van der Waals surface area contributed by atoms with Crippen LogP contribution in [0.5, 0.6) is 0 Å². The molecule has 0 bridgehead atoms. The summed E-state index contributed by atoms with van der Waals surface area (Å²) in [5.41, 5.74) is 12.4. The van der Waals surface area contributed by atoms with E-state index in [9.17, 15) is 0 Å². The van der Waals surface area contributed by atoms with Gasteiger partial charge in [-0.05, 0) is 49.4 Å². The Labute approximate surface area is 140 Å². The van der Waals surface area contributed by atoms with Gasteiger partial charge in [0.15, 0.2) is 0 Å². The van der Waals surface area contributed by atoms with E-state index in [1.807, 2.05) is 0 Å². The lowest BCUT2D eigenvalue weighted by Crippen LogP contribution is -2.52. The van der Waals surface area contributed by atoms with Gasteiger partial charge in [-0.2, -0.15) is 5.12 Å². The third-order valence-electron chi connectivity index (χ3n) is 4.43. The second kappa shape index (κ2) is 8.82.